The van der Waals surface area contributed by atoms with E-state index in [9.17, 15) is 9.90 Å². The van der Waals surface area contributed by atoms with Crippen LogP contribution in [0.3, 0.4) is 0 Å². The van der Waals surface area contributed by atoms with Crippen LogP contribution in [0.15, 0.2) is 12.1 Å². The van der Waals surface area contributed by atoms with Gasteiger partial charge in [-0.1, -0.05) is 23.2 Å². The molecule has 0 fully saturated rings. The zero-order valence-corrected chi connectivity index (χ0v) is 13.7. The number of halogens is 2. The third-order valence-corrected chi connectivity index (χ3v) is 4.27. The molecule has 0 bridgehead atoms. The van der Waals surface area contributed by atoms with E-state index in [-0.39, 0.29) is 24.9 Å². The summed E-state index contributed by atoms with van der Waals surface area (Å²) in [5.74, 6) is -0.188. The molecule has 1 aromatic carbocycles. The van der Waals surface area contributed by atoms with Crippen molar-refractivity contribution in [2.75, 3.05) is 20.1 Å². The molecule has 0 saturated heterocycles. The van der Waals surface area contributed by atoms with Gasteiger partial charge in [-0.25, -0.2) is 0 Å². The minimum Gasteiger partial charge on any atom is -0.391 e. The van der Waals surface area contributed by atoms with E-state index in [1.165, 1.54) is 0 Å². The van der Waals surface area contributed by atoms with Crippen molar-refractivity contribution in [2.45, 2.75) is 25.0 Å². The normalized spacial score (nSPS) is 19.8. The van der Waals surface area contributed by atoms with Crippen LogP contribution >= 0.6 is 23.2 Å². The number of nitriles is 1. The lowest BCUT2D eigenvalue weighted by Gasteiger charge is -2.27. The molecule has 1 aliphatic rings. The quantitative estimate of drug-likeness (QED) is 0.802. The molecule has 0 aromatic heterocycles. The molecule has 1 aliphatic carbocycles. The number of amides is 1. The third-order valence-electron chi connectivity index (χ3n) is 3.72. The van der Waals surface area contributed by atoms with Crippen molar-refractivity contribution in [3.63, 3.8) is 0 Å². The van der Waals surface area contributed by atoms with Crippen LogP contribution in [-0.4, -0.2) is 42.2 Å². The minimum absolute atomic E-state index is 0.122. The number of likely N-dealkylation sites (N-methyl/N-ethyl adjacent to an activating group) is 1. The number of aliphatic hydroxyl groups is 1. The van der Waals surface area contributed by atoms with Crippen LogP contribution < -0.4 is 5.32 Å². The molecule has 0 unspecified atom stereocenters. The van der Waals surface area contributed by atoms with Crippen molar-refractivity contribution in [3.05, 3.63) is 33.3 Å². The molecule has 1 amide bonds. The first-order valence-corrected chi connectivity index (χ1v) is 7.69. The van der Waals surface area contributed by atoms with E-state index < -0.39 is 6.10 Å². The van der Waals surface area contributed by atoms with Crippen LogP contribution in [0.2, 0.25) is 10.0 Å². The second-order valence-corrected chi connectivity index (χ2v) is 6.19. The van der Waals surface area contributed by atoms with E-state index in [1.807, 2.05) is 6.07 Å². The van der Waals surface area contributed by atoms with Crippen molar-refractivity contribution in [3.8, 4) is 6.07 Å². The highest BCUT2D eigenvalue weighted by atomic mass is 35.5. The number of aliphatic hydroxyl groups excluding tert-OH is 1. The van der Waals surface area contributed by atoms with E-state index in [0.717, 1.165) is 11.1 Å². The molecule has 118 valence electrons. The van der Waals surface area contributed by atoms with Crippen LogP contribution in [0.1, 0.15) is 23.6 Å². The number of benzene rings is 1. The Balaban J connectivity index is 2.10. The summed E-state index contributed by atoms with van der Waals surface area (Å²) in [7, 11) is 1.77. The standard InChI is InChI=1S/C15H17Cl2N3O2/c1-20(8-14(22)19-4-2-3-18)15-11-5-9(16)6-12(17)10(11)7-13(15)21/h5-6,13,15,21H,2,4,7-8H2,1H3,(H,19,22)/t13-,15-/m1/s1. The van der Waals surface area contributed by atoms with Gasteiger partial charge in [0.15, 0.2) is 0 Å². The SMILES string of the molecule is CN(CC(=O)NCCC#N)[C@@H]1c2cc(Cl)cc(Cl)c2C[C@H]1O. The van der Waals surface area contributed by atoms with E-state index in [0.29, 0.717) is 23.0 Å². The summed E-state index contributed by atoms with van der Waals surface area (Å²) in [5, 5.41) is 22.5. The number of nitrogens with one attached hydrogen (secondary N) is 1. The van der Waals surface area contributed by atoms with E-state index in [4.69, 9.17) is 28.5 Å². The van der Waals surface area contributed by atoms with Gasteiger partial charge >= 0.3 is 0 Å². The number of hydrogen-bond donors (Lipinski definition) is 2. The number of nitrogens with zero attached hydrogens (tertiary/aromatic N) is 2. The smallest absolute Gasteiger partial charge is 0.234 e. The lowest BCUT2D eigenvalue weighted by Crippen LogP contribution is -2.39. The van der Waals surface area contributed by atoms with Gasteiger partial charge in [-0.2, -0.15) is 5.26 Å². The zero-order chi connectivity index (χ0) is 16.3. The molecule has 0 radical (unpaired) electrons. The number of fused-ring (bicyclic) bond motifs is 1. The molecule has 22 heavy (non-hydrogen) atoms. The second-order valence-electron chi connectivity index (χ2n) is 5.34. The van der Waals surface area contributed by atoms with Crippen LogP contribution in [0, 0.1) is 11.3 Å². The van der Waals surface area contributed by atoms with Gasteiger partial charge < -0.3 is 10.4 Å². The Hall–Kier alpha value is -1.32. The van der Waals surface area contributed by atoms with Crippen molar-refractivity contribution in [1.82, 2.24) is 10.2 Å². The van der Waals surface area contributed by atoms with Crippen LogP contribution in [0.25, 0.3) is 0 Å². The molecule has 5 nitrogen and oxygen atoms in total. The highest BCUT2D eigenvalue weighted by Gasteiger charge is 2.36. The van der Waals surface area contributed by atoms with Crippen LogP contribution in [0.5, 0.6) is 0 Å². The monoisotopic (exact) mass is 341 g/mol. The maximum atomic E-state index is 11.8. The van der Waals surface area contributed by atoms with Gasteiger partial charge in [0.1, 0.15) is 0 Å². The zero-order valence-electron chi connectivity index (χ0n) is 12.1. The van der Waals surface area contributed by atoms with Gasteiger partial charge in [-0.05, 0) is 30.3 Å². The number of hydrogen-bond acceptors (Lipinski definition) is 4. The van der Waals surface area contributed by atoms with Crippen molar-refractivity contribution < 1.29 is 9.90 Å². The topological polar surface area (TPSA) is 76.4 Å². The van der Waals surface area contributed by atoms with Gasteiger partial charge in [-0.15, -0.1) is 0 Å². The Morgan fingerprint density at radius 2 is 2.27 bits per heavy atom. The van der Waals surface area contributed by atoms with E-state index in [2.05, 4.69) is 5.32 Å². The summed E-state index contributed by atoms with van der Waals surface area (Å²) in [5.41, 5.74) is 1.73. The van der Waals surface area contributed by atoms with Gasteiger partial charge in [-0.3, -0.25) is 9.69 Å². The average molecular weight is 342 g/mol. The largest absolute Gasteiger partial charge is 0.391 e. The van der Waals surface area contributed by atoms with Crippen molar-refractivity contribution in [2.24, 2.45) is 0 Å². The predicted octanol–water partition coefficient (Wildman–Crippen LogP) is 1.91. The Bertz CT molecular complexity index is 616. The Labute approximate surface area is 139 Å². The van der Waals surface area contributed by atoms with Crippen molar-refractivity contribution in [1.29, 1.82) is 5.26 Å². The lowest BCUT2D eigenvalue weighted by atomic mass is 10.1. The van der Waals surface area contributed by atoms with Gasteiger partial charge in [0.25, 0.3) is 0 Å². The summed E-state index contributed by atoms with van der Waals surface area (Å²) >= 11 is 12.2. The second kappa shape index (κ2) is 7.30. The molecule has 0 heterocycles. The predicted molar refractivity (Wildman–Crippen MR) is 84.8 cm³/mol. The maximum absolute atomic E-state index is 11.8. The molecule has 2 N–H and O–H groups in total. The van der Waals surface area contributed by atoms with Gasteiger partial charge in [0.2, 0.25) is 5.91 Å². The fraction of sp³-hybridized carbons (Fsp3) is 0.467. The van der Waals surface area contributed by atoms with Crippen LogP contribution in [-0.2, 0) is 11.2 Å². The molecular formula is C15H17Cl2N3O2. The maximum Gasteiger partial charge on any atom is 0.234 e. The van der Waals surface area contributed by atoms with E-state index in [1.54, 1.807) is 24.1 Å². The highest BCUT2D eigenvalue weighted by molar-refractivity contribution is 6.35. The molecule has 7 heteroatoms. The average Bonchev–Trinajstić information content (AvgIpc) is 2.75. The van der Waals surface area contributed by atoms with Gasteiger partial charge in [0.05, 0.1) is 31.2 Å². The van der Waals surface area contributed by atoms with Crippen molar-refractivity contribution >= 4 is 29.1 Å². The lowest BCUT2D eigenvalue weighted by molar-refractivity contribution is -0.122. The molecular weight excluding hydrogens is 325 g/mol. The minimum atomic E-state index is -0.636. The molecule has 2 rings (SSSR count). The number of rotatable bonds is 5. The molecule has 0 aliphatic heterocycles. The number of carbonyl (C=O) groups is 1. The Morgan fingerprint density at radius 1 is 1.55 bits per heavy atom. The van der Waals surface area contributed by atoms with E-state index >= 15 is 0 Å². The fourth-order valence-corrected chi connectivity index (χ4v) is 3.39. The first-order chi connectivity index (χ1) is 10.4. The first kappa shape index (κ1) is 17.0. The summed E-state index contributed by atoms with van der Waals surface area (Å²) in [6.07, 6.45) is 0.0780. The summed E-state index contributed by atoms with van der Waals surface area (Å²) in [6, 6.07) is 5.08. The summed E-state index contributed by atoms with van der Waals surface area (Å²) < 4.78 is 0. The third kappa shape index (κ3) is 3.71. The molecule has 2 atom stereocenters. The fourth-order valence-electron chi connectivity index (χ4n) is 2.80. The molecule has 0 spiro atoms. The summed E-state index contributed by atoms with van der Waals surface area (Å²) in [6.45, 7) is 0.446. The Kier molecular flexibility index (Phi) is 5.65. The Morgan fingerprint density at radius 3 is 2.95 bits per heavy atom. The molecule has 1 aromatic rings. The van der Waals surface area contributed by atoms with Gasteiger partial charge in [0, 0.05) is 23.0 Å². The van der Waals surface area contributed by atoms with Crippen LogP contribution in [0.4, 0.5) is 0 Å². The number of carbonyl (C=O) groups excluding carboxylic acids is 1. The highest BCUT2D eigenvalue weighted by Crippen LogP contribution is 2.40. The first-order valence-electron chi connectivity index (χ1n) is 6.93. The molecule has 0 saturated carbocycles. The summed E-state index contributed by atoms with van der Waals surface area (Å²) in [4.78, 5) is 13.6.